The first kappa shape index (κ1) is 12.6. The molecule has 4 N–H and O–H groups in total. The van der Waals surface area contributed by atoms with Crippen LogP contribution in [0.3, 0.4) is 0 Å². The van der Waals surface area contributed by atoms with Crippen molar-refractivity contribution in [2.45, 2.75) is 6.42 Å². The van der Waals surface area contributed by atoms with Crippen LogP contribution in [-0.4, -0.2) is 20.1 Å². The molecule has 1 aromatic heterocycles. The van der Waals surface area contributed by atoms with Crippen LogP contribution in [0.2, 0.25) is 0 Å². The molecule has 0 amide bonds. The highest BCUT2D eigenvalue weighted by Gasteiger charge is 2.15. The number of hydrazine groups is 1. The molecule has 9 heteroatoms. The maximum absolute atomic E-state index is 11.7. The van der Waals surface area contributed by atoms with Crippen molar-refractivity contribution in [2.75, 3.05) is 5.43 Å². The van der Waals surface area contributed by atoms with Crippen molar-refractivity contribution in [3.63, 3.8) is 0 Å². The number of benzene rings is 1. The third-order valence-electron chi connectivity index (χ3n) is 2.45. The van der Waals surface area contributed by atoms with E-state index in [2.05, 4.69) is 20.6 Å². The highest BCUT2D eigenvalue weighted by atomic mass is 16.6. The van der Waals surface area contributed by atoms with Gasteiger partial charge >= 0.3 is 0 Å². The summed E-state index contributed by atoms with van der Waals surface area (Å²) in [6.45, 7) is 0. The second kappa shape index (κ2) is 5.23. The molecule has 0 aliphatic heterocycles. The van der Waals surface area contributed by atoms with Gasteiger partial charge in [0.15, 0.2) is 0 Å². The molecule has 9 nitrogen and oxygen atoms in total. The van der Waals surface area contributed by atoms with Gasteiger partial charge in [0.2, 0.25) is 5.95 Å². The van der Waals surface area contributed by atoms with E-state index >= 15 is 0 Å². The Bertz CT molecular complexity index is 668. The molecule has 0 fully saturated rings. The van der Waals surface area contributed by atoms with E-state index in [9.17, 15) is 14.9 Å². The normalized spacial score (nSPS) is 10.2. The van der Waals surface area contributed by atoms with Gasteiger partial charge in [-0.2, -0.15) is 0 Å². The number of nitrogens with one attached hydrogen (secondary N) is 2. The van der Waals surface area contributed by atoms with Crippen molar-refractivity contribution in [2.24, 2.45) is 5.84 Å². The zero-order valence-corrected chi connectivity index (χ0v) is 9.66. The van der Waals surface area contributed by atoms with Gasteiger partial charge in [-0.15, -0.1) is 10.2 Å². The van der Waals surface area contributed by atoms with Crippen molar-refractivity contribution in [1.82, 2.24) is 15.2 Å². The van der Waals surface area contributed by atoms with Crippen LogP contribution in [0.25, 0.3) is 0 Å². The SMILES string of the molecule is NNc1nnc(Cc2ccccc2[N+](=O)[O-])c(=O)[nH]1. The number of hydrogen-bond acceptors (Lipinski definition) is 7. The molecule has 0 saturated carbocycles. The van der Waals surface area contributed by atoms with Crippen LogP contribution in [0, 0.1) is 10.1 Å². The number of anilines is 1. The highest BCUT2D eigenvalue weighted by molar-refractivity contribution is 5.41. The summed E-state index contributed by atoms with van der Waals surface area (Å²) in [6.07, 6.45) is 0.0182. The smallest absolute Gasteiger partial charge is 0.274 e. The van der Waals surface area contributed by atoms with Crippen molar-refractivity contribution >= 4 is 11.6 Å². The summed E-state index contributed by atoms with van der Waals surface area (Å²) in [4.78, 5) is 24.4. The summed E-state index contributed by atoms with van der Waals surface area (Å²) in [5.74, 6) is 5.10. The summed E-state index contributed by atoms with van der Waals surface area (Å²) < 4.78 is 0. The topological polar surface area (TPSA) is 140 Å². The number of nitrogen functional groups attached to an aromatic ring is 1. The van der Waals surface area contributed by atoms with Crippen LogP contribution in [0.4, 0.5) is 11.6 Å². The minimum Gasteiger partial charge on any atom is -0.293 e. The summed E-state index contributed by atoms with van der Waals surface area (Å²) in [5, 5.41) is 18.2. The van der Waals surface area contributed by atoms with Gasteiger partial charge in [-0.3, -0.25) is 25.3 Å². The number of aromatic amines is 1. The van der Waals surface area contributed by atoms with Crippen LogP contribution in [0.1, 0.15) is 11.3 Å². The number of nitro benzene ring substituents is 1. The Morgan fingerprint density at radius 2 is 2.11 bits per heavy atom. The third-order valence-corrected chi connectivity index (χ3v) is 2.45. The Morgan fingerprint density at radius 1 is 1.37 bits per heavy atom. The van der Waals surface area contributed by atoms with Gasteiger partial charge in [-0.25, -0.2) is 5.84 Å². The summed E-state index contributed by atoms with van der Waals surface area (Å²) >= 11 is 0. The third kappa shape index (κ3) is 2.72. The molecule has 0 spiro atoms. The molecule has 0 aliphatic rings. The quantitative estimate of drug-likeness (QED) is 0.398. The van der Waals surface area contributed by atoms with Gasteiger partial charge in [0.25, 0.3) is 11.2 Å². The lowest BCUT2D eigenvalue weighted by molar-refractivity contribution is -0.385. The van der Waals surface area contributed by atoms with Gasteiger partial charge < -0.3 is 0 Å². The molecule has 0 bridgehead atoms. The van der Waals surface area contributed by atoms with Crippen molar-refractivity contribution in [3.05, 3.63) is 56.0 Å². The summed E-state index contributed by atoms with van der Waals surface area (Å²) in [6, 6.07) is 6.14. The lowest BCUT2D eigenvalue weighted by Gasteiger charge is -2.02. The fourth-order valence-corrected chi connectivity index (χ4v) is 1.56. The highest BCUT2D eigenvalue weighted by Crippen LogP contribution is 2.19. The number of para-hydroxylation sites is 1. The Balaban J connectivity index is 2.37. The first-order valence-corrected chi connectivity index (χ1v) is 5.26. The van der Waals surface area contributed by atoms with Crippen molar-refractivity contribution in [3.8, 4) is 0 Å². The molecule has 0 saturated heterocycles. The zero-order chi connectivity index (χ0) is 13.8. The van der Waals surface area contributed by atoms with Gasteiger partial charge in [0.05, 0.1) is 4.92 Å². The number of nitrogens with two attached hydrogens (primary N) is 1. The van der Waals surface area contributed by atoms with Crippen molar-refractivity contribution in [1.29, 1.82) is 0 Å². The molecule has 0 aliphatic carbocycles. The average Bonchev–Trinajstić information content (AvgIpc) is 2.41. The Kier molecular flexibility index (Phi) is 3.48. The standard InChI is InChI=1S/C10H10N6O3/c11-13-10-12-9(17)7(14-15-10)5-6-3-1-2-4-8(6)16(18)19/h1-4H,5,11H2,(H2,12,13,15,17). The largest absolute Gasteiger partial charge is 0.293 e. The molecular formula is C10H10N6O3. The molecule has 1 aromatic carbocycles. The van der Waals surface area contributed by atoms with Crippen molar-refractivity contribution < 1.29 is 4.92 Å². The summed E-state index contributed by atoms with van der Waals surface area (Å²) in [5.41, 5.74) is 2.05. The van der Waals surface area contributed by atoms with Crippen LogP contribution < -0.4 is 16.8 Å². The van der Waals surface area contributed by atoms with E-state index in [0.717, 1.165) is 0 Å². The van der Waals surface area contributed by atoms with Crippen LogP contribution >= 0.6 is 0 Å². The molecule has 0 atom stereocenters. The number of rotatable bonds is 4. The minimum absolute atomic E-state index is 0.0182. The number of nitro groups is 1. The number of H-pyrrole nitrogens is 1. The fourth-order valence-electron chi connectivity index (χ4n) is 1.56. The van der Waals surface area contributed by atoms with E-state index in [1.165, 1.54) is 6.07 Å². The first-order chi connectivity index (χ1) is 9.11. The van der Waals surface area contributed by atoms with E-state index in [1.54, 1.807) is 18.2 Å². The van der Waals surface area contributed by atoms with Gasteiger partial charge in [-0.05, 0) is 0 Å². The van der Waals surface area contributed by atoms with E-state index in [4.69, 9.17) is 5.84 Å². The summed E-state index contributed by atoms with van der Waals surface area (Å²) in [7, 11) is 0. The zero-order valence-electron chi connectivity index (χ0n) is 9.66. The molecule has 0 radical (unpaired) electrons. The predicted molar refractivity (Wildman–Crippen MR) is 66.4 cm³/mol. The maximum atomic E-state index is 11.7. The maximum Gasteiger partial charge on any atom is 0.274 e. The molecule has 19 heavy (non-hydrogen) atoms. The molecule has 1 heterocycles. The van der Waals surface area contributed by atoms with Crippen LogP contribution in [-0.2, 0) is 6.42 Å². The Morgan fingerprint density at radius 3 is 2.74 bits per heavy atom. The molecule has 0 unspecified atom stereocenters. The molecule has 2 aromatic rings. The first-order valence-electron chi connectivity index (χ1n) is 5.26. The minimum atomic E-state index is -0.507. The second-order valence-corrected chi connectivity index (χ2v) is 3.66. The second-order valence-electron chi connectivity index (χ2n) is 3.66. The number of nitrogens with zero attached hydrogens (tertiary/aromatic N) is 3. The monoisotopic (exact) mass is 262 g/mol. The molecular weight excluding hydrogens is 252 g/mol. The average molecular weight is 262 g/mol. The predicted octanol–water partition coefficient (Wildman–Crippen LogP) is -0.0505. The Labute approximate surface area is 106 Å². The lowest BCUT2D eigenvalue weighted by Crippen LogP contribution is -2.22. The number of hydrogen-bond donors (Lipinski definition) is 3. The van der Waals surface area contributed by atoms with E-state index in [-0.39, 0.29) is 23.8 Å². The van der Waals surface area contributed by atoms with Crippen LogP contribution in [0.15, 0.2) is 29.1 Å². The van der Waals surface area contributed by atoms with E-state index in [1.807, 2.05) is 0 Å². The van der Waals surface area contributed by atoms with E-state index in [0.29, 0.717) is 5.56 Å². The molecule has 98 valence electrons. The Hall–Kier alpha value is -2.81. The fraction of sp³-hybridized carbons (Fsp3) is 0.100. The van der Waals surface area contributed by atoms with Gasteiger partial charge in [0.1, 0.15) is 5.69 Å². The lowest BCUT2D eigenvalue weighted by atomic mass is 10.1. The van der Waals surface area contributed by atoms with Gasteiger partial charge in [-0.1, -0.05) is 18.2 Å². The van der Waals surface area contributed by atoms with Gasteiger partial charge in [0, 0.05) is 18.1 Å². The van der Waals surface area contributed by atoms with E-state index < -0.39 is 10.5 Å². The van der Waals surface area contributed by atoms with Crippen LogP contribution in [0.5, 0.6) is 0 Å². The molecule has 2 rings (SSSR count). The number of aromatic nitrogens is 3.